The number of rotatable bonds is 5. The van der Waals surface area contributed by atoms with Crippen LogP contribution in [0.5, 0.6) is 0 Å². The zero-order valence-corrected chi connectivity index (χ0v) is 14.7. The van der Waals surface area contributed by atoms with E-state index in [0.717, 1.165) is 6.54 Å². The van der Waals surface area contributed by atoms with Crippen LogP contribution in [-0.2, 0) is 16.1 Å². The third-order valence-electron chi connectivity index (χ3n) is 5.08. The van der Waals surface area contributed by atoms with Gasteiger partial charge in [-0.3, -0.25) is 19.4 Å². The average Bonchev–Trinajstić information content (AvgIpc) is 2.81. The van der Waals surface area contributed by atoms with Crippen molar-refractivity contribution in [3.05, 3.63) is 47.5 Å². The van der Waals surface area contributed by atoms with Crippen LogP contribution >= 0.6 is 0 Å². The Morgan fingerprint density at radius 2 is 1.58 bits per heavy atom. The molecule has 0 saturated carbocycles. The fourth-order valence-corrected chi connectivity index (χ4v) is 3.62. The Hall–Kier alpha value is -1.94. The molecule has 1 aliphatic carbocycles. The van der Waals surface area contributed by atoms with Gasteiger partial charge < -0.3 is 0 Å². The van der Waals surface area contributed by atoms with Gasteiger partial charge in [-0.25, -0.2) is 0 Å². The minimum absolute atomic E-state index is 0.00337. The largest absolute Gasteiger partial charge is 0.284 e. The van der Waals surface area contributed by atoms with E-state index in [1.807, 2.05) is 24.1 Å². The first-order valence-corrected chi connectivity index (χ1v) is 8.75. The molecule has 2 amide bonds. The van der Waals surface area contributed by atoms with Crippen LogP contribution in [-0.4, -0.2) is 35.3 Å². The molecule has 1 aliphatic heterocycles. The summed E-state index contributed by atoms with van der Waals surface area (Å²) in [6.45, 7) is 5.46. The predicted octanol–water partition coefficient (Wildman–Crippen LogP) is 3.15. The van der Waals surface area contributed by atoms with Gasteiger partial charge in [0, 0.05) is 6.54 Å². The number of imide groups is 1. The molecule has 1 aromatic rings. The molecule has 0 aromatic heterocycles. The Balaban J connectivity index is 1.61. The number of likely N-dealkylation sites (tertiary alicyclic amines) is 1. The van der Waals surface area contributed by atoms with Crippen LogP contribution in [0.3, 0.4) is 0 Å². The smallest absolute Gasteiger partial charge is 0.234 e. The van der Waals surface area contributed by atoms with Crippen molar-refractivity contribution in [2.24, 2.45) is 11.8 Å². The molecule has 0 N–H and O–H groups in total. The van der Waals surface area contributed by atoms with Gasteiger partial charge in [-0.2, -0.15) is 0 Å². The molecule has 0 radical (unpaired) electrons. The van der Waals surface area contributed by atoms with E-state index < -0.39 is 0 Å². The minimum Gasteiger partial charge on any atom is -0.284 e. The van der Waals surface area contributed by atoms with Crippen molar-refractivity contribution in [1.82, 2.24) is 9.80 Å². The number of fused-ring (bicyclic) bond motifs is 1. The van der Waals surface area contributed by atoms with E-state index in [2.05, 4.69) is 38.1 Å². The van der Waals surface area contributed by atoms with Crippen LogP contribution < -0.4 is 0 Å². The van der Waals surface area contributed by atoms with Gasteiger partial charge in [-0.1, -0.05) is 50.3 Å². The molecule has 2 aliphatic rings. The van der Waals surface area contributed by atoms with Crippen LogP contribution in [0.4, 0.5) is 0 Å². The summed E-state index contributed by atoms with van der Waals surface area (Å²) in [6, 6.07) is 8.56. The maximum atomic E-state index is 12.5. The highest BCUT2D eigenvalue weighted by atomic mass is 16.2. The second-order valence-corrected chi connectivity index (χ2v) is 7.31. The molecule has 2 atom stereocenters. The van der Waals surface area contributed by atoms with Crippen LogP contribution in [0.15, 0.2) is 36.4 Å². The highest BCUT2D eigenvalue weighted by Gasteiger charge is 2.47. The van der Waals surface area contributed by atoms with Crippen molar-refractivity contribution in [2.75, 3.05) is 13.7 Å². The summed E-state index contributed by atoms with van der Waals surface area (Å²) in [6.07, 6.45) is 5.45. The van der Waals surface area contributed by atoms with Gasteiger partial charge in [0.25, 0.3) is 0 Å². The summed E-state index contributed by atoms with van der Waals surface area (Å²) in [5.74, 6) is 0.240. The number of nitrogens with zero attached hydrogens (tertiary/aromatic N) is 2. The first kappa shape index (κ1) is 16.9. The molecule has 1 aromatic carbocycles. The first-order valence-electron chi connectivity index (χ1n) is 8.75. The van der Waals surface area contributed by atoms with Gasteiger partial charge in [-0.05, 0) is 36.9 Å². The molecule has 3 rings (SSSR count). The van der Waals surface area contributed by atoms with Crippen molar-refractivity contribution in [3.8, 4) is 0 Å². The Kier molecular flexibility index (Phi) is 4.86. The third kappa shape index (κ3) is 3.29. The van der Waals surface area contributed by atoms with E-state index in [1.165, 1.54) is 16.0 Å². The lowest BCUT2D eigenvalue weighted by atomic mass is 9.85. The molecule has 24 heavy (non-hydrogen) atoms. The lowest BCUT2D eigenvalue weighted by Crippen LogP contribution is -2.40. The number of carbonyl (C=O) groups excluding carboxylic acids is 2. The predicted molar refractivity (Wildman–Crippen MR) is 94.1 cm³/mol. The Bertz CT molecular complexity index is 622. The standard InChI is InChI=1S/C20H26N2O2/c1-14(2)16-10-8-15(9-11-16)12-21(3)13-22-19(23)17-6-4-5-7-18(17)20(22)24/h4-5,8-11,14,17-18H,6-7,12-13H2,1-3H3/t17-,18-/m1/s1. The van der Waals surface area contributed by atoms with Crippen molar-refractivity contribution in [1.29, 1.82) is 0 Å². The molecule has 128 valence electrons. The molecule has 4 heteroatoms. The lowest BCUT2D eigenvalue weighted by Gasteiger charge is -2.23. The fraction of sp³-hybridized carbons (Fsp3) is 0.500. The summed E-state index contributed by atoms with van der Waals surface area (Å²) in [7, 11) is 1.96. The normalized spacial score (nSPS) is 23.5. The van der Waals surface area contributed by atoms with E-state index in [1.54, 1.807) is 0 Å². The molecule has 0 bridgehead atoms. The van der Waals surface area contributed by atoms with Crippen LogP contribution in [0.1, 0.15) is 43.7 Å². The van der Waals surface area contributed by atoms with Crippen LogP contribution in [0.2, 0.25) is 0 Å². The van der Waals surface area contributed by atoms with E-state index in [4.69, 9.17) is 0 Å². The first-order chi connectivity index (χ1) is 11.5. The molecule has 4 nitrogen and oxygen atoms in total. The van der Waals surface area contributed by atoms with Gasteiger partial charge in [0.05, 0.1) is 18.5 Å². The van der Waals surface area contributed by atoms with Gasteiger partial charge in [0.1, 0.15) is 0 Å². The number of hydrogen-bond donors (Lipinski definition) is 0. The van der Waals surface area contributed by atoms with Crippen molar-refractivity contribution < 1.29 is 9.59 Å². The Morgan fingerprint density at radius 1 is 1.04 bits per heavy atom. The van der Waals surface area contributed by atoms with Gasteiger partial charge in [0.15, 0.2) is 0 Å². The number of benzene rings is 1. The van der Waals surface area contributed by atoms with E-state index in [9.17, 15) is 9.59 Å². The zero-order valence-electron chi connectivity index (χ0n) is 14.7. The quantitative estimate of drug-likeness (QED) is 0.616. The van der Waals surface area contributed by atoms with E-state index in [-0.39, 0.29) is 23.7 Å². The number of carbonyl (C=O) groups is 2. The molecular formula is C20H26N2O2. The number of allylic oxidation sites excluding steroid dienone is 2. The monoisotopic (exact) mass is 326 g/mol. The van der Waals surface area contributed by atoms with Crippen LogP contribution in [0.25, 0.3) is 0 Å². The summed E-state index contributed by atoms with van der Waals surface area (Å²) in [5, 5.41) is 0. The SMILES string of the molecule is CC(C)c1ccc(CN(C)CN2C(=O)[C@@H]3CC=CC[C@H]3C2=O)cc1. The Labute approximate surface area is 144 Å². The second kappa shape index (κ2) is 6.89. The molecule has 1 saturated heterocycles. The maximum absolute atomic E-state index is 12.5. The van der Waals surface area contributed by atoms with E-state index in [0.29, 0.717) is 25.4 Å². The summed E-state index contributed by atoms with van der Waals surface area (Å²) < 4.78 is 0. The molecule has 0 unspecified atom stereocenters. The molecular weight excluding hydrogens is 300 g/mol. The lowest BCUT2D eigenvalue weighted by molar-refractivity contribution is -0.142. The number of hydrogen-bond acceptors (Lipinski definition) is 3. The van der Waals surface area contributed by atoms with Gasteiger partial charge >= 0.3 is 0 Å². The Morgan fingerprint density at radius 3 is 2.08 bits per heavy atom. The topological polar surface area (TPSA) is 40.6 Å². The van der Waals surface area contributed by atoms with Crippen molar-refractivity contribution in [2.45, 2.75) is 39.2 Å². The zero-order chi connectivity index (χ0) is 17.3. The number of amides is 2. The third-order valence-corrected chi connectivity index (χ3v) is 5.08. The van der Waals surface area contributed by atoms with Crippen LogP contribution in [0, 0.1) is 11.8 Å². The van der Waals surface area contributed by atoms with Crippen molar-refractivity contribution >= 4 is 11.8 Å². The van der Waals surface area contributed by atoms with Gasteiger partial charge in [-0.15, -0.1) is 0 Å². The van der Waals surface area contributed by atoms with Gasteiger partial charge in [0.2, 0.25) is 11.8 Å². The summed E-state index contributed by atoms with van der Waals surface area (Å²) >= 11 is 0. The summed E-state index contributed by atoms with van der Waals surface area (Å²) in [4.78, 5) is 28.5. The molecule has 1 fully saturated rings. The highest BCUT2D eigenvalue weighted by Crippen LogP contribution is 2.35. The average molecular weight is 326 g/mol. The van der Waals surface area contributed by atoms with Crippen molar-refractivity contribution in [3.63, 3.8) is 0 Å². The second-order valence-electron chi connectivity index (χ2n) is 7.31. The fourth-order valence-electron chi connectivity index (χ4n) is 3.62. The van der Waals surface area contributed by atoms with E-state index >= 15 is 0 Å². The maximum Gasteiger partial charge on any atom is 0.234 e. The highest BCUT2D eigenvalue weighted by molar-refractivity contribution is 6.05. The minimum atomic E-state index is -0.138. The molecule has 1 heterocycles. The molecule has 0 spiro atoms. The summed E-state index contributed by atoms with van der Waals surface area (Å²) in [5.41, 5.74) is 2.52.